The maximum absolute atomic E-state index is 10.5. The fourth-order valence-electron chi connectivity index (χ4n) is 0.237. The minimum Gasteiger partial charge on any atom is -0.391 e. The normalized spacial score (nSPS) is 8.67. The van der Waals surface area contributed by atoms with Crippen LogP contribution in [0, 0.1) is 0 Å². The molecule has 0 unspecified atom stereocenters. The third-order valence-electron chi connectivity index (χ3n) is 0.707. The van der Waals surface area contributed by atoms with Crippen molar-refractivity contribution in [1.29, 1.82) is 0 Å². The van der Waals surface area contributed by atoms with E-state index in [2.05, 4.69) is 11.4 Å². The molecule has 4 nitrogen and oxygen atoms in total. The highest BCUT2D eigenvalue weighted by Crippen LogP contribution is 1.84. The monoisotopic (exact) mass is 131 g/mol. The van der Waals surface area contributed by atoms with Crippen molar-refractivity contribution in [1.82, 2.24) is 5.48 Å². The summed E-state index contributed by atoms with van der Waals surface area (Å²) in [6, 6.07) is 0. The Bertz CT molecular complexity index is 121. The van der Waals surface area contributed by atoms with Crippen LogP contribution >= 0.6 is 0 Å². The molecule has 0 rings (SSSR count). The average molecular weight is 131 g/mol. The molecule has 0 aromatic carbocycles. The van der Waals surface area contributed by atoms with Crippen LogP contribution in [0.3, 0.4) is 0 Å². The fourth-order valence-corrected chi connectivity index (χ4v) is 0.237. The summed E-state index contributed by atoms with van der Waals surface area (Å²) >= 11 is 0. The first-order valence-electron chi connectivity index (χ1n) is 2.34. The molecule has 9 heavy (non-hydrogen) atoms. The van der Waals surface area contributed by atoms with E-state index in [-0.39, 0.29) is 12.2 Å². The van der Waals surface area contributed by atoms with Gasteiger partial charge in [-0.25, -0.2) is 5.48 Å². The molecule has 2 N–H and O–H groups in total. The lowest BCUT2D eigenvalue weighted by Gasteiger charge is -1.99. The zero-order chi connectivity index (χ0) is 7.28. The highest BCUT2D eigenvalue weighted by Gasteiger charge is 2.02. The number of aliphatic hydroxyl groups is 1. The molecule has 0 aromatic heterocycles. The number of amides is 1. The maximum atomic E-state index is 10.5. The Labute approximate surface area is 53.1 Å². The molecule has 0 spiro atoms. The Morgan fingerprint density at radius 1 is 1.89 bits per heavy atom. The highest BCUT2D eigenvalue weighted by molar-refractivity contribution is 5.92. The van der Waals surface area contributed by atoms with Gasteiger partial charge >= 0.3 is 0 Å². The first-order valence-corrected chi connectivity index (χ1v) is 2.34. The van der Waals surface area contributed by atoms with Gasteiger partial charge < -0.3 is 5.11 Å². The molecule has 4 heteroatoms. The Morgan fingerprint density at radius 2 is 2.44 bits per heavy atom. The lowest BCUT2D eigenvalue weighted by molar-refractivity contribution is -0.127. The van der Waals surface area contributed by atoms with Gasteiger partial charge in [-0.15, -0.1) is 0 Å². The zero-order valence-electron chi connectivity index (χ0n) is 5.18. The van der Waals surface area contributed by atoms with Gasteiger partial charge in [0.25, 0.3) is 5.91 Å². The standard InChI is InChI=1S/C5H9NO3/c1-4(3-7)5(8)6-9-2/h7H,1,3H2,2H3,(H,6,8). The predicted octanol–water partition coefficient (Wildman–Crippen LogP) is -0.788. The molecule has 0 saturated heterocycles. The quantitative estimate of drug-likeness (QED) is 0.390. The molecule has 1 amide bonds. The van der Waals surface area contributed by atoms with Gasteiger partial charge in [0.2, 0.25) is 0 Å². The number of aliphatic hydroxyl groups excluding tert-OH is 1. The van der Waals surface area contributed by atoms with Crippen LogP contribution in [-0.4, -0.2) is 24.7 Å². The summed E-state index contributed by atoms with van der Waals surface area (Å²) in [4.78, 5) is 14.7. The van der Waals surface area contributed by atoms with Gasteiger partial charge in [0.05, 0.1) is 13.7 Å². The molecule has 0 saturated carbocycles. The molecular formula is C5H9NO3. The molecule has 0 aliphatic heterocycles. The van der Waals surface area contributed by atoms with Gasteiger partial charge in [-0.05, 0) is 0 Å². The van der Waals surface area contributed by atoms with Crippen LogP contribution in [0.2, 0.25) is 0 Å². The van der Waals surface area contributed by atoms with E-state index in [9.17, 15) is 4.79 Å². The van der Waals surface area contributed by atoms with Gasteiger partial charge in [0.1, 0.15) is 0 Å². The summed E-state index contributed by atoms with van der Waals surface area (Å²) in [5.74, 6) is -0.500. The van der Waals surface area contributed by atoms with E-state index in [1.807, 2.05) is 5.48 Å². The molecule has 0 aromatic rings. The van der Waals surface area contributed by atoms with Crippen molar-refractivity contribution in [3.8, 4) is 0 Å². The van der Waals surface area contributed by atoms with Crippen LogP contribution in [0.1, 0.15) is 0 Å². The van der Waals surface area contributed by atoms with Crippen LogP contribution in [0.5, 0.6) is 0 Å². The molecule has 0 fully saturated rings. The second-order valence-corrected chi connectivity index (χ2v) is 1.40. The lowest BCUT2D eigenvalue weighted by Crippen LogP contribution is -2.24. The van der Waals surface area contributed by atoms with Crippen LogP contribution < -0.4 is 5.48 Å². The molecule has 52 valence electrons. The van der Waals surface area contributed by atoms with Gasteiger partial charge in [-0.3, -0.25) is 9.63 Å². The van der Waals surface area contributed by atoms with Crippen LogP contribution in [0.15, 0.2) is 12.2 Å². The van der Waals surface area contributed by atoms with Crippen molar-refractivity contribution in [2.45, 2.75) is 0 Å². The molecule has 0 aliphatic rings. The van der Waals surface area contributed by atoms with Crippen molar-refractivity contribution in [3.63, 3.8) is 0 Å². The lowest BCUT2D eigenvalue weighted by atomic mass is 10.3. The van der Waals surface area contributed by atoms with Gasteiger partial charge in [0, 0.05) is 5.57 Å². The smallest absolute Gasteiger partial charge is 0.272 e. The molecule has 0 bridgehead atoms. The summed E-state index contributed by atoms with van der Waals surface area (Å²) in [5, 5.41) is 8.32. The Hall–Kier alpha value is -0.870. The molecule has 0 heterocycles. The van der Waals surface area contributed by atoms with E-state index >= 15 is 0 Å². The van der Waals surface area contributed by atoms with Crippen LogP contribution in [-0.2, 0) is 9.63 Å². The third kappa shape index (κ3) is 2.84. The first-order chi connectivity index (χ1) is 4.22. The largest absolute Gasteiger partial charge is 0.391 e. The Morgan fingerprint density at radius 3 is 2.78 bits per heavy atom. The van der Waals surface area contributed by atoms with E-state index in [0.29, 0.717) is 0 Å². The van der Waals surface area contributed by atoms with Crippen LogP contribution in [0.4, 0.5) is 0 Å². The number of nitrogens with one attached hydrogen (secondary N) is 1. The van der Waals surface area contributed by atoms with E-state index in [4.69, 9.17) is 5.11 Å². The summed E-state index contributed by atoms with van der Waals surface area (Å²) < 4.78 is 0. The third-order valence-corrected chi connectivity index (χ3v) is 0.707. The first kappa shape index (κ1) is 8.13. The molecule has 0 radical (unpaired) electrons. The predicted molar refractivity (Wildman–Crippen MR) is 31.4 cm³/mol. The van der Waals surface area contributed by atoms with Crippen LogP contribution in [0.25, 0.3) is 0 Å². The van der Waals surface area contributed by atoms with Gasteiger partial charge in [-0.2, -0.15) is 0 Å². The summed E-state index contributed by atoms with van der Waals surface area (Å²) in [6.07, 6.45) is 0. The van der Waals surface area contributed by atoms with Gasteiger partial charge in [-0.1, -0.05) is 6.58 Å². The van der Waals surface area contributed by atoms with E-state index in [1.54, 1.807) is 0 Å². The average Bonchev–Trinajstić information content (AvgIpc) is 1.87. The second-order valence-electron chi connectivity index (χ2n) is 1.40. The van der Waals surface area contributed by atoms with Crippen molar-refractivity contribution >= 4 is 5.91 Å². The summed E-state index contributed by atoms with van der Waals surface area (Å²) in [6.45, 7) is 2.90. The van der Waals surface area contributed by atoms with Crippen molar-refractivity contribution < 1.29 is 14.7 Å². The number of hydrogen-bond donors (Lipinski definition) is 2. The number of carbonyl (C=O) groups is 1. The molecular weight excluding hydrogens is 122 g/mol. The zero-order valence-corrected chi connectivity index (χ0v) is 5.18. The SMILES string of the molecule is C=C(CO)C(=O)NOC. The van der Waals surface area contributed by atoms with E-state index in [1.165, 1.54) is 7.11 Å². The van der Waals surface area contributed by atoms with Crippen molar-refractivity contribution in [2.24, 2.45) is 0 Å². The summed E-state index contributed by atoms with van der Waals surface area (Å²) in [5.41, 5.74) is 2.08. The van der Waals surface area contributed by atoms with Gasteiger partial charge in [0.15, 0.2) is 0 Å². The second kappa shape index (κ2) is 4.05. The minimum atomic E-state index is -0.500. The summed E-state index contributed by atoms with van der Waals surface area (Å²) in [7, 11) is 1.31. The van der Waals surface area contributed by atoms with E-state index < -0.39 is 5.91 Å². The fraction of sp³-hybridized carbons (Fsp3) is 0.400. The van der Waals surface area contributed by atoms with Crippen molar-refractivity contribution in [3.05, 3.63) is 12.2 Å². The maximum Gasteiger partial charge on any atom is 0.272 e. The van der Waals surface area contributed by atoms with E-state index in [0.717, 1.165) is 0 Å². The Kier molecular flexibility index (Phi) is 3.66. The number of hydroxylamine groups is 1. The number of carbonyl (C=O) groups excluding carboxylic acids is 1. The minimum absolute atomic E-state index is 0.0804. The topological polar surface area (TPSA) is 58.6 Å². The molecule has 0 aliphatic carbocycles. The van der Waals surface area contributed by atoms with Crippen molar-refractivity contribution in [2.75, 3.05) is 13.7 Å². The number of hydrogen-bond acceptors (Lipinski definition) is 3. The number of rotatable bonds is 3. The highest BCUT2D eigenvalue weighted by atomic mass is 16.6. The Balaban J connectivity index is 3.60. The molecule has 0 atom stereocenters.